The number of rotatable bonds is 2. The van der Waals surface area contributed by atoms with Gasteiger partial charge in [0, 0.05) is 12.1 Å². The maximum atomic E-state index is 5.59. The molecule has 4 heteroatoms. The van der Waals surface area contributed by atoms with E-state index < -0.39 is 0 Å². The highest BCUT2D eigenvalue weighted by Gasteiger charge is 2.13. The number of ether oxygens (including phenoxy) is 1. The monoisotopic (exact) mass is 192 g/mol. The van der Waals surface area contributed by atoms with E-state index in [1.165, 1.54) is 0 Å². The predicted molar refractivity (Wildman–Crippen MR) is 53.2 cm³/mol. The summed E-state index contributed by atoms with van der Waals surface area (Å²) in [4.78, 5) is 0. The van der Waals surface area contributed by atoms with Gasteiger partial charge in [-0.3, -0.25) is 0 Å². The number of methoxy groups -OCH3 is 1. The van der Waals surface area contributed by atoms with E-state index in [9.17, 15) is 0 Å². The highest BCUT2D eigenvalue weighted by Crippen LogP contribution is 2.30. The smallest absolute Gasteiger partial charge is 0.175 e. The molecule has 0 saturated carbocycles. The summed E-state index contributed by atoms with van der Waals surface area (Å²) >= 11 is 0. The van der Waals surface area contributed by atoms with Crippen molar-refractivity contribution in [1.82, 2.24) is 5.16 Å². The SMILES string of the molecule is COc1ccc(CN)c2onc(C)c12. The van der Waals surface area contributed by atoms with E-state index in [0.717, 1.165) is 28.0 Å². The van der Waals surface area contributed by atoms with Crippen LogP contribution < -0.4 is 10.5 Å². The van der Waals surface area contributed by atoms with Gasteiger partial charge in [-0.05, 0) is 13.0 Å². The molecule has 1 heterocycles. The molecule has 14 heavy (non-hydrogen) atoms. The lowest BCUT2D eigenvalue weighted by atomic mass is 10.1. The van der Waals surface area contributed by atoms with Crippen molar-refractivity contribution in [3.63, 3.8) is 0 Å². The molecule has 2 aromatic rings. The minimum Gasteiger partial charge on any atom is -0.496 e. The number of hydrogen-bond donors (Lipinski definition) is 1. The Kier molecular flexibility index (Phi) is 2.13. The molecule has 0 aliphatic heterocycles. The number of fused-ring (bicyclic) bond motifs is 1. The van der Waals surface area contributed by atoms with Gasteiger partial charge in [-0.15, -0.1) is 0 Å². The summed E-state index contributed by atoms with van der Waals surface area (Å²) in [6.45, 7) is 2.32. The van der Waals surface area contributed by atoms with Crippen LogP contribution in [0.25, 0.3) is 11.0 Å². The average molecular weight is 192 g/mol. The summed E-state index contributed by atoms with van der Waals surface area (Å²) < 4.78 is 10.4. The first-order valence-electron chi connectivity index (χ1n) is 4.40. The van der Waals surface area contributed by atoms with Gasteiger partial charge < -0.3 is 15.0 Å². The molecule has 74 valence electrons. The van der Waals surface area contributed by atoms with Crippen LogP contribution in [0.2, 0.25) is 0 Å². The quantitative estimate of drug-likeness (QED) is 0.785. The Hall–Kier alpha value is -1.55. The average Bonchev–Trinajstić information content (AvgIpc) is 2.60. The summed E-state index contributed by atoms with van der Waals surface area (Å²) in [7, 11) is 1.63. The van der Waals surface area contributed by atoms with Crippen molar-refractivity contribution in [2.45, 2.75) is 13.5 Å². The number of nitrogens with two attached hydrogens (primary N) is 1. The fourth-order valence-corrected chi connectivity index (χ4v) is 1.55. The van der Waals surface area contributed by atoms with Crippen LogP contribution in [-0.2, 0) is 6.54 Å². The lowest BCUT2D eigenvalue weighted by Gasteiger charge is -2.03. The van der Waals surface area contributed by atoms with E-state index in [-0.39, 0.29) is 0 Å². The van der Waals surface area contributed by atoms with Crippen molar-refractivity contribution in [3.05, 3.63) is 23.4 Å². The van der Waals surface area contributed by atoms with E-state index in [2.05, 4.69) is 5.16 Å². The molecule has 4 nitrogen and oxygen atoms in total. The number of aryl methyl sites for hydroxylation is 1. The summed E-state index contributed by atoms with van der Waals surface area (Å²) in [6, 6.07) is 3.78. The van der Waals surface area contributed by atoms with Crippen LogP contribution in [0, 0.1) is 6.92 Å². The molecule has 0 atom stereocenters. The molecule has 2 N–H and O–H groups in total. The second-order valence-electron chi connectivity index (χ2n) is 3.10. The van der Waals surface area contributed by atoms with Crippen molar-refractivity contribution in [1.29, 1.82) is 0 Å². The summed E-state index contributed by atoms with van der Waals surface area (Å²) in [6.07, 6.45) is 0. The molecule has 0 bridgehead atoms. The highest BCUT2D eigenvalue weighted by atomic mass is 16.5. The lowest BCUT2D eigenvalue weighted by molar-refractivity contribution is 0.419. The van der Waals surface area contributed by atoms with Gasteiger partial charge in [-0.1, -0.05) is 11.2 Å². The zero-order chi connectivity index (χ0) is 10.1. The molecule has 0 amide bonds. The van der Waals surface area contributed by atoms with Gasteiger partial charge in [-0.2, -0.15) is 0 Å². The minimum absolute atomic E-state index is 0.440. The van der Waals surface area contributed by atoms with Crippen LogP contribution in [0.5, 0.6) is 5.75 Å². The fraction of sp³-hybridized carbons (Fsp3) is 0.300. The second-order valence-corrected chi connectivity index (χ2v) is 3.10. The van der Waals surface area contributed by atoms with Crippen molar-refractivity contribution in [2.75, 3.05) is 7.11 Å². The fourth-order valence-electron chi connectivity index (χ4n) is 1.55. The van der Waals surface area contributed by atoms with Crippen molar-refractivity contribution in [3.8, 4) is 5.75 Å². The first-order chi connectivity index (χ1) is 6.77. The third-order valence-corrected chi connectivity index (χ3v) is 2.28. The summed E-state index contributed by atoms with van der Waals surface area (Å²) in [5.74, 6) is 0.774. The van der Waals surface area contributed by atoms with Crippen LogP contribution in [0.15, 0.2) is 16.7 Å². The molecular formula is C10H12N2O2. The van der Waals surface area contributed by atoms with E-state index in [1.54, 1.807) is 7.11 Å². The van der Waals surface area contributed by atoms with Crippen molar-refractivity contribution >= 4 is 11.0 Å². The number of aromatic nitrogens is 1. The lowest BCUT2D eigenvalue weighted by Crippen LogP contribution is -1.97. The first kappa shape index (κ1) is 9.02. The molecule has 2 rings (SSSR count). The minimum atomic E-state index is 0.440. The second kappa shape index (κ2) is 3.31. The molecule has 0 saturated heterocycles. The molecule has 0 spiro atoms. The van der Waals surface area contributed by atoms with Gasteiger partial charge in [0.1, 0.15) is 5.75 Å². The Morgan fingerprint density at radius 3 is 2.93 bits per heavy atom. The van der Waals surface area contributed by atoms with E-state index in [4.69, 9.17) is 15.0 Å². The van der Waals surface area contributed by atoms with Gasteiger partial charge >= 0.3 is 0 Å². The van der Waals surface area contributed by atoms with Crippen LogP contribution >= 0.6 is 0 Å². The molecular weight excluding hydrogens is 180 g/mol. The van der Waals surface area contributed by atoms with Gasteiger partial charge in [0.15, 0.2) is 5.58 Å². The normalized spacial score (nSPS) is 10.8. The molecule has 0 unspecified atom stereocenters. The number of nitrogens with zero attached hydrogens (tertiary/aromatic N) is 1. The molecule has 1 aromatic carbocycles. The van der Waals surface area contributed by atoms with Crippen molar-refractivity contribution in [2.24, 2.45) is 5.73 Å². The van der Waals surface area contributed by atoms with Gasteiger partial charge in [0.05, 0.1) is 18.2 Å². The van der Waals surface area contributed by atoms with Crippen LogP contribution in [0.4, 0.5) is 0 Å². The zero-order valence-electron chi connectivity index (χ0n) is 8.20. The molecule has 0 radical (unpaired) electrons. The highest BCUT2D eigenvalue weighted by molar-refractivity contribution is 5.88. The van der Waals surface area contributed by atoms with Crippen molar-refractivity contribution < 1.29 is 9.26 Å². The third-order valence-electron chi connectivity index (χ3n) is 2.28. The Morgan fingerprint density at radius 1 is 1.50 bits per heavy atom. The van der Waals surface area contributed by atoms with E-state index in [0.29, 0.717) is 6.54 Å². The molecule has 1 aromatic heterocycles. The molecule has 0 aliphatic carbocycles. The van der Waals surface area contributed by atoms with E-state index >= 15 is 0 Å². The number of hydrogen-bond acceptors (Lipinski definition) is 4. The largest absolute Gasteiger partial charge is 0.496 e. The van der Waals surface area contributed by atoms with Crippen LogP contribution in [-0.4, -0.2) is 12.3 Å². The van der Waals surface area contributed by atoms with Crippen LogP contribution in [0.3, 0.4) is 0 Å². The molecule has 0 fully saturated rings. The topological polar surface area (TPSA) is 61.3 Å². The molecule has 0 aliphatic rings. The summed E-state index contributed by atoms with van der Waals surface area (Å²) in [5, 5.41) is 4.81. The number of benzene rings is 1. The van der Waals surface area contributed by atoms with Crippen LogP contribution in [0.1, 0.15) is 11.3 Å². The Bertz CT molecular complexity index is 462. The standard InChI is InChI=1S/C10H12N2O2/c1-6-9-8(13-2)4-3-7(5-11)10(9)14-12-6/h3-4H,5,11H2,1-2H3. The Balaban J connectivity index is 2.81. The maximum absolute atomic E-state index is 5.59. The Morgan fingerprint density at radius 2 is 2.29 bits per heavy atom. The van der Waals surface area contributed by atoms with E-state index in [1.807, 2.05) is 19.1 Å². The summed E-state index contributed by atoms with van der Waals surface area (Å²) in [5.41, 5.74) is 8.09. The zero-order valence-corrected chi connectivity index (χ0v) is 8.20. The first-order valence-corrected chi connectivity index (χ1v) is 4.40. The predicted octanol–water partition coefficient (Wildman–Crippen LogP) is 1.60. The third kappa shape index (κ3) is 1.15. The Labute approximate surface area is 81.6 Å². The van der Waals surface area contributed by atoms with Gasteiger partial charge in [0.2, 0.25) is 0 Å². The van der Waals surface area contributed by atoms with Gasteiger partial charge in [0.25, 0.3) is 0 Å². The van der Waals surface area contributed by atoms with Gasteiger partial charge in [-0.25, -0.2) is 0 Å². The maximum Gasteiger partial charge on any atom is 0.175 e.